The fourth-order valence-corrected chi connectivity index (χ4v) is 2.81. The van der Waals surface area contributed by atoms with Gasteiger partial charge in [-0.3, -0.25) is 9.59 Å². The van der Waals surface area contributed by atoms with Gasteiger partial charge < -0.3 is 20.6 Å². The molecule has 0 aliphatic carbocycles. The first-order chi connectivity index (χ1) is 14.8. The highest BCUT2D eigenvalue weighted by atomic mass is 16.6. The Labute approximate surface area is 181 Å². The van der Waals surface area contributed by atoms with E-state index in [9.17, 15) is 14.4 Å². The Kier molecular flexibility index (Phi) is 8.75. The summed E-state index contributed by atoms with van der Waals surface area (Å²) in [7, 11) is 0. The number of hydrogen-bond acceptors (Lipinski definition) is 7. The quantitative estimate of drug-likeness (QED) is 0.198. The first kappa shape index (κ1) is 23.6. The van der Waals surface area contributed by atoms with Crippen LogP contribution in [0.4, 0.5) is 0 Å². The van der Waals surface area contributed by atoms with Crippen molar-refractivity contribution < 1.29 is 23.9 Å². The minimum atomic E-state index is -0.705. The molecule has 0 saturated heterocycles. The van der Waals surface area contributed by atoms with Crippen LogP contribution in [0.3, 0.4) is 0 Å². The molecular weight excluding hydrogens is 398 g/mol. The summed E-state index contributed by atoms with van der Waals surface area (Å²) in [5.74, 6) is 4.41. The van der Waals surface area contributed by atoms with Crippen molar-refractivity contribution in [3.05, 3.63) is 65.2 Å². The number of amides is 1. The molecule has 31 heavy (non-hydrogen) atoms. The molecule has 1 atom stereocenters. The van der Waals surface area contributed by atoms with Gasteiger partial charge in [0.15, 0.2) is 12.4 Å². The summed E-state index contributed by atoms with van der Waals surface area (Å²) < 4.78 is 10.1. The number of Topliss-reactive ketones (excluding diaryl/α,β-unsaturated/α-hetero) is 1. The Morgan fingerprint density at radius 1 is 1.03 bits per heavy atom. The standard InChI is InChI=1S/C23H27N3O5/c1-4-30-20(27)14-31-19-11-9-17(10-12-19)22(28)21(15(2)3)26-23(29)18-7-5-16(6-8-18)13-25-24/h5-13,15,21H,4,14,24H2,1-3H3,(H,26,29)/t21-/m0/s1. The van der Waals surface area contributed by atoms with E-state index < -0.39 is 12.0 Å². The van der Waals surface area contributed by atoms with Gasteiger partial charge in [0, 0.05) is 11.1 Å². The van der Waals surface area contributed by atoms with Gasteiger partial charge in [0.05, 0.1) is 18.9 Å². The number of hydrogen-bond donors (Lipinski definition) is 2. The second-order valence-electron chi connectivity index (χ2n) is 7.08. The van der Waals surface area contributed by atoms with E-state index in [0.717, 1.165) is 5.56 Å². The fraction of sp³-hybridized carbons (Fsp3) is 0.304. The Morgan fingerprint density at radius 3 is 2.19 bits per heavy atom. The summed E-state index contributed by atoms with van der Waals surface area (Å²) in [6, 6.07) is 12.4. The molecule has 1 amide bonds. The number of ketones is 1. The number of benzene rings is 2. The van der Waals surface area contributed by atoms with Crippen LogP contribution in [-0.4, -0.2) is 43.1 Å². The number of carbonyl (C=O) groups is 3. The average Bonchev–Trinajstić information content (AvgIpc) is 2.76. The van der Waals surface area contributed by atoms with Crippen LogP contribution in [0.25, 0.3) is 0 Å². The van der Waals surface area contributed by atoms with Crippen molar-refractivity contribution in [2.24, 2.45) is 16.9 Å². The van der Waals surface area contributed by atoms with E-state index in [1.54, 1.807) is 55.5 Å². The smallest absolute Gasteiger partial charge is 0.344 e. The van der Waals surface area contributed by atoms with E-state index in [0.29, 0.717) is 16.9 Å². The van der Waals surface area contributed by atoms with Gasteiger partial charge in [0.2, 0.25) is 0 Å². The highest BCUT2D eigenvalue weighted by molar-refractivity contribution is 6.04. The van der Waals surface area contributed by atoms with Crippen molar-refractivity contribution in [1.29, 1.82) is 0 Å². The molecule has 2 rings (SSSR count). The van der Waals surface area contributed by atoms with Crippen LogP contribution in [0.2, 0.25) is 0 Å². The van der Waals surface area contributed by atoms with Gasteiger partial charge in [-0.15, -0.1) is 0 Å². The van der Waals surface area contributed by atoms with Crippen LogP contribution in [0.5, 0.6) is 5.75 Å². The van der Waals surface area contributed by atoms with Crippen LogP contribution in [0, 0.1) is 5.92 Å². The number of hydrazone groups is 1. The molecule has 2 aromatic rings. The number of rotatable bonds is 10. The zero-order valence-corrected chi connectivity index (χ0v) is 17.8. The van der Waals surface area contributed by atoms with Crippen molar-refractivity contribution in [1.82, 2.24) is 5.32 Å². The molecule has 0 fully saturated rings. The molecule has 0 aliphatic heterocycles. The molecule has 0 unspecified atom stereocenters. The van der Waals surface area contributed by atoms with Crippen LogP contribution < -0.4 is 15.9 Å². The maximum Gasteiger partial charge on any atom is 0.344 e. The zero-order valence-electron chi connectivity index (χ0n) is 17.8. The third kappa shape index (κ3) is 6.95. The molecule has 3 N–H and O–H groups in total. The molecular formula is C23H27N3O5. The number of nitrogens with two attached hydrogens (primary N) is 1. The summed E-state index contributed by atoms with van der Waals surface area (Å²) in [5.41, 5.74) is 1.62. The Bertz CT molecular complexity index is 921. The topological polar surface area (TPSA) is 120 Å². The van der Waals surface area contributed by atoms with Gasteiger partial charge in [0.1, 0.15) is 5.75 Å². The number of esters is 1. The molecule has 0 saturated carbocycles. The lowest BCUT2D eigenvalue weighted by Crippen LogP contribution is -2.44. The van der Waals surface area contributed by atoms with E-state index in [1.165, 1.54) is 6.21 Å². The third-order valence-corrected chi connectivity index (χ3v) is 4.43. The highest BCUT2D eigenvalue weighted by Gasteiger charge is 2.25. The fourth-order valence-electron chi connectivity index (χ4n) is 2.81. The second kappa shape index (κ2) is 11.5. The Morgan fingerprint density at radius 2 is 1.65 bits per heavy atom. The van der Waals surface area contributed by atoms with Gasteiger partial charge in [-0.05, 0) is 54.8 Å². The molecule has 0 aromatic heterocycles. The first-order valence-corrected chi connectivity index (χ1v) is 9.92. The minimum absolute atomic E-state index is 0.125. The molecule has 164 valence electrons. The van der Waals surface area contributed by atoms with Gasteiger partial charge in [-0.1, -0.05) is 26.0 Å². The summed E-state index contributed by atoms with van der Waals surface area (Å²) in [6.07, 6.45) is 1.47. The second-order valence-corrected chi connectivity index (χ2v) is 7.08. The van der Waals surface area contributed by atoms with Crippen molar-refractivity contribution in [3.8, 4) is 5.75 Å². The molecule has 0 aliphatic rings. The highest BCUT2D eigenvalue weighted by Crippen LogP contribution is 2.17. The molecule has 8 heteroatoms. The largest absolute Gasteiger partial charge is 0.482 e. The lowest BCUT2D eigenvalue weighted by atomic mass is 9.94. The van der Waals surface area contributed by atoms with Crippen LogP contribution in [0.15, 0.2) is 53.6 Å². The maximum atomic E-state index is 13.0. The number of nitrogens with zero attached hydrogens (tertiary/aromatic N) is 1. The predicted molar refractivity (Wildman–Crippen MR) is 117 cm³/mol. The summed E-state index contributed by atoms with van der Waals surface area (Å²) in [4.78, 5) is 37.0. The summed E-state index contributed by atoms with van der Waals surface area (Å²) in [6.45, 7) is 5.51. The molecule has 0 radical (unpaired) electrons. The first-order valence-electron chi connectivity index (χ1n) is 9.92. The van der Waals surface area contributed by atoms with Gasteiger partial charge in [-0.2, -0.15) is 5.10 Å². The van der Waals surface area contributed by atoms with Crippen LogP contribution in [0.1, 0.15) is 47.1 Å². The number of nitrogens with one attached hydrogen (secondary N) is 1. The SMILES string of the molecule is CCOC(=O)COc1ccc(C(=O)[C@@H](NC(=O)c2ccc(C=NN)cc2)C(C)C)cc1. The van der Waals surface area contributed by atoms with Crippen LogP contribution in [-0.2, 0) is 9.53 Å². The van der Waals surface area contributed by atoms with Gasteiger partial charge in [-0.25, -0.2) is 4.79 Å². The Hall–Kier alpha value is -3.68. The monoisotopic (exact) mass is 425 g/mol. The van der Waals surface area contributed by atoms with Crippen molar-refractivity contribution in [2.45, 2.75) is 26.8 Å². The van der Waals surface area contributed by atoms with Gasteiger partial charge >= 0.3 is 5.97 Å². The number of ether oxygens (including phenoxy) is 2. The minimum Gasteiger partial charge on any atom is -0.482 e. The lowest BCUT2D eigenvalue weighted by molar-refractivity contribution is -0.145. The molecule has 2 aromatic carbocycles. The molecule has 0 spiro atoms. The van der Waals surface area contributed by atoms with E-state index in [1.807, 2.05) is 13.8 Å². The summed E-state index contributed by atoms with van der Waals surface area (Å²) in [5, 5.41) is 6.25. The van der Waals surface area contributed by atoms with E-state index in [-0.39, 0.29) is 30.8 Å². The third-order valence-electron chi connectivity index (χ3n) is 4.43. The Balaban J connectivity index is 2.05. The van der Waals surface area contributed by atoms with Crippen molar-refractivity contribution in [2.75, 3.05) is 13.2 Å². The molecule has 0 bridgehead atoms. The predicted octanol–water partition coefficient (Wildman–Crippen LogP) is 2.56. The normalized spacial score (nSPS) is 11.9. The van der Waals surface area contributed by atoms with E-state index in [2.05, 4.69) is 10.4 Å². The molecule has 8 nitrogen and oxygen atoms in total. The van der Waals surface area contributed by atoms with E-state index in [4.69, 9.17) is 15.3 Å². The van der Waals surface area contributed by atoms with Crippen molar-refractivity contribution >= 4 is 23.9 Å². The number of carbonyl (C=O) groups excluding carboxylic acids is 3. The molecule has 0 heterocycles. The van der Waals surface area contributed by atoms with E-state index >= 15 is 0 Å². The van der Waals surface area contributed by atoms with Crippen LogP contribution >= 0.6 is 0 Å². The zero-order chi connectivity index (χ0) is 22.8. The van der Waals surface area contributed by atoms with Crippen molar-refractivity contribution in [3.63, 3.8) is 0 Å². The maximum absolute atomic E-state index is 13.0. The average molecular weight is 425 g/mol. The summed E-state index contributed by atoms with van der Waals surface area (Å²) >= 11 is 0. The van der Waals surface area contributed by atoms with Gasteiger partial charge in [0.25, 0.3) is 5.91 Å². The lowest BCUT2D eigenvalue weighted by Gasteiger charge is -2.21.